The second-order valence-electron chi connectivity index (χ2n) is 8.11. The Kier molecular flexibility index (Phi) is 6.09. The Morgan fingerprint density at radius 1 is 1.03 bits per heavy atom. The Hall–Kier alpha value is -3.29. The third-order valence-electron chi connectivity index (χ3n) is 5.84. The lowest BCUT2D eigenvalue weighted by atomic mass is 10.1. The first-order chi connectivity index (χ1) is 15.8. The van der Waals surface area contributed by atoms with E-state index in [1.165, 1.54) is 0 Å². The van der Waals surface area contributed by atoms with Gasteiger partial charge in [0.15, 0.2) is 5.82 Å². The van der Waals surface area contributed by atoms with Crippen LogP contribution < -0.4 is 10.6 Å². The Bertz CT molecular complexity index is 1110. The lowest BCUT2D eigenvalue weighted by Gasteiger charge is -2.24. The molecular weight excluding hydrogens is 408 g/mol. The van der Waals surface area contributed by atoms with Crippen LogP contribution in [0.4, 0.5) is 17.5 Å². The molecule has 166 valence electrons. The molecule has 3 aromatic rings. The number of aromatic nitrogens is 5. The SMILES string of the molecule is N#CCc1ccc2nc(Nc3cnn(C4CCOCC4)c3)nc(NC3CCOCC3)c2n1. The van der Waals surface area contributed by atoms with Crippen molar-refractivity contribution in [3.63, 3.8) is 0 Å². The minimum absolute atomic E-state index is 0.248. The molecule has 3 aromatic heterocycles. The van der Waals surface area contributed by atoms with Crippen molar-refractivity contribution < 1.29 is 9.47 Å². The number of ether oxygens (including phenoxy) is 2. The third-order valence-corrected chi connectivity index (χ3v) is 5.84. The van der Waals surface area contributed by atoms with Gasteiger partial charge in [-0.05, 0) is 37.8 Å². The Balaban J connectivity index is 1.43. The predicted octanol–water partition coefficient (Wildman–Crippen LogP) is 2.97. The second kappa shape index (κ2) is 9.46. The van der Waals surface area contributed by atoms with Crippen molar-refractivity contribution in [2.24, 2.45) is 0 Å². The van der Waals surface area contributed by atoms with Crippen molar-refractivity contribution in [2.45, 2.75) is 44.2 Å². The van der Waals surface area contributed by atoms with Crippen molar-refractivity contribution in [1.82, 2.24) is 24.7 Å². The van der Waals surface area contributed by atoms with E-state index < -0.39 is 0 Å². The highest BCUT2D eigenvalue weighted by Gasteiger charge is 2.19. The number of fused-ring (bicyclic) bond motifs is 1. The van der Waals surface area contributed by atoms with Gasteiger partial charge in [0.2, 0.25) is 5.95 Å². The summed E-state index contributed by atoms with van der Waals surface area (Å²) < 4.78 is 12.9. The fourth-order valence-electron chi connectivity index (χ4n) is 4.11. The number of nitriles is 1. The van der Waals surface area contributed by atoms with Crippen molar-refractivity contribution in [2.75, 3.05) is 37.1 Å². The van der Waals surface area contributed by atoms with Crippen LogP contribution in [0.5, 0.6) is 0 Å². The van der Waals surface area contributed by atoms with E-state index in [9.17, 15) is 0 Å². The fourth-order valence-corrected chi connectivity index (χ4v) is 4.11. The lowest BCUT2D eigenvalue weighted by Crippen LogP contribution is -2.28. The van der Waals surface area contributed by atoms with Gasteiger partial charge in [-0.15, -0.1) is 0 Å². The zero-order valence-electron chi connectivity index (χ0n) is 17.8. The van der Waals surface area contributed by atoms with Gasteiger partial charge in [0, 0.05) is 38.7 Å². The molecule has 0 unspecified atom stereocenters. The highest BCUT2D eigenvalue weighted by molar-refractivity contribution is 5.87. The van der Waals surface area contributed by atoms with Gasteiger partial charge >= 0.3 is 0 Å². The topological polar surface area (TPSA) is 123 Å². The molecule has 2 saturated heterocycles. The number of hydrogen-bond donors (Lipinski definition) is 2. The molecule has 0 atom stereocenters. The van der Waals surface area contributed by atoms with E-state index in [1.54, 1.807) is 6.20 Å². The fraction of sp³-hybridized carbons (Fsp3) is 0.500. The van der Waals surface area contributed by atoms with Gasteiger partial charge in [-0.1, -0.05) is 0 Å². The molecule has 0 bridgehead atoms. The second-order valence-corrected chi connectivity index (χ2v) is 8.11. The minimum Gasteiger partial charge on any atom is -0.381 e. The first-order valence-corrected chi connectivity index (χ1v) is 11.1. The molecule has 0 aliphatic carbocycles. The summed E-state index contributed by atoms with van der Waals surface area (Å²) in [5.74, 6) is 1.15. The third kappa shape index (κ3) is 4.64. The lowest BCUT2D eigenvalue weighted by molar-refractivity contribution is 0.0662. The van der Waals surface area contributed by atoms with E-state index in [0.29, 0.717) is 29.0 Å². The maximum Gasteiger partial charge on any atom is 0.229 e. The zero-order chi connectivity index (χ0) is 21.8. The molecule has 2 aliphatic rings. The normalized spacial score (nSPS) is 17.8. The average Bonchev–Trinajstić information content (AvgIpc) is 3.29. The molecule has 10 heteroatoms. The number of pyridine rings is 1. The van der Waals surface area contributed by atoms with Crippen molar-refractivity contribution in [1.29, 1.82) is 5.26 Å². The summed E-state index contributed by atoms with van der Waals surface area (Å²) in [4.78, 5) is 14.0. The number of hydrogen-bond acceptors (Lipinski definition) is 9. The van der Waals surface area contributed by atoms with Gasteiger partial charge < -0.3 is 20.1 Å². The monoisotopic (exact) mass is 434 g/mol. The highest BCUT2D eigenvalue weighted by atomic mass is 16.5. The van der Waals surface area contributed by atoms with Crippen LogP contribution >= 0.6 is 0 Å². The summed E-state index contributed by atoms with van der Waals surface area (Å²) in [7, 11) is 0. The van der Waals surface area contributed by atoms with Gasteiger partial charge in [-0.2, -0.15) is 15.3 Å². The number of nitrogens with zero attached hydrogens (tertiary/aromatic N) is 6. The smallest absolute Gasteiger partial charge is 0.229 e. The minimum atomic E-state index is 0.248. The molecule has 0 spiro atoms. The van der Waals surface area contributed by atoms with Crippen LogP contribution in [0.3, 0.4) is 0 Å². The molecule has 32 heavy (non-hydrogen) atoms. The van der Waals surface area contributed by atoms with E-state index in [4.69, 9.17) is 19.7 Å². The van der Waals surface area contributed by atoms with Crippen molar-refractivity contribution in [3.8, 4) is 6.07 Å². The van der Waals surface area contributed by atoms with Crippen LogP contribution in [0, 0.1) is 11.3 Å². The molecule has 0 amide bonds. The molecule has 2 fully saturated rings. The summed E-state index contributed by atoms with van der Waals surface area (Å²) in [6.07, 6.45) is 7.77. The molecule has 10 nitrogen and oxygen atoms in total. The maximum absolute atomic E-state index is 9.05. The molecule has 0 aromatic carbocycles. The van der Waals surface area contributed by atoms with Crippen LogP contribution in [0.15, 0.2) is 24.5 Å². The van der Waals surface area contributed by atoms with Gasteiger partial charge in [0.25, 0.3) is 0 Å². The largest absolute Gasteiger partial charge is 0.381 e. The Morgan fingerprint density at radius 2 is 1.81 bits per heavy atom. The van der Waals surface area contributed by atoms with E-state index in [0.717, 1.165) is 63.3 Å². The summed E-state index contributed by atoms with van der Waals surface area (Å²) in [6.45, 7) is 2.99. The van der Waals surface area contributed by atoms with Crippen LogP contribution in [-0.4, -0.2) is 57.2 Å². The quantitative estimate of drug-likeness (QED) is 0.602. The molecule has 0 radical (unpaired) electrons. The first kappa shape index (κ1) is 20.6. The van der Waals surface area contributed by atoms with Gasteiger partial charge in [0.05, 0.1) is 41.6 Å². The molecular formula is C22H26N8O2. The molecule has 2 aliphatic heterocycles. The summed E-state index contributed by atoms with van der Waals surface area (Å²) >= 11 is 0. The van der Waals surface area contributed by atoms with Crippen LogP contribution in [0.25, 0.3) is 11.0 Å². The number of rotatable bonds is 6. The van der Waals surface area contributed by atoms with E-state index in [2.05, 4.69) is 31.8 Å². The number of nitrogens with one attached hydrogen (secondary N) is 2. The maximum atomic E-state index is 9.05. The molecule has 5 rings (SSSR count). The predicted molar refractivity (Wildman–Crippen MR) is 119 cm³/mol. The van der Waals surface area contributed by atoms with Crippen LogP contribution in [-0.2, 0) is 15.9 Å². The van der Waals surface area contributed by atoms with E-state index in [1.807, 2.05) is 23.0 Å². The van der Waals surface area contributed by atoms with E-state index in [-0.39, 0.29) is 12.5 Å². The summed E-state index contributed by atoms with van der Waals surface area (Å²) in [6, 6.07) is 6.49. The first-order valence-electron chi connectivity index (χ1n) is 11.1. The van der Waals surface area contributed by atoms with Crippen LogP contribution in [0.1, 0.15) is 37.4 Å². The Morgan fingerprint density at radius 3 is 2.59 bits per heavy atom. The van der Waals surface area contributed by atoms with E-state index >= 15 is 0 Å². The molecule has 0 saturated carbocycles. The summed E-state index contributed by atoms with van der Waals surface area (Å²) in [5.41, 5.74) is 2.93. The van der Waals surface area contributed by atoms with Crippen LogP contribution in [0.2, 0.25) is 0 Å². The highest BCUT2D eigenvalue weighted by Crippen LogP contribution is 2.26. The number of anilines is 3. The van der Waals surface area contributed by atoms with Crippen molar-refractivity contribution >= 4 is 28.5 Å². The summed E-state index contributed by atoms with van der Waals surface area (Å²) in [5, 5.41) is 20.4. The van der Waals surface area contributed by atoms with Gasteiger partial charge in [-0.25, -0.2) is 9.97 Å². The molecule has 2 N–H and O–H groups in total. The zero-order valence-corrected chi connectivity index (χ0v) is 17.8. The Labute approximate surface area is 186 Å². The van der Waals surface area contributed by atoms with Crippen molar-refractivity contribution in [3.05, 3.63) is 30.2 Å². The molecule has 5 heterocycles. The van der Waals surface area contributed by atoms with Gasteiger partial charge in [0.1, 0.15) is 5.52 Å². The average molecular weight is 435 g/mol. The standard InChI is InChI=1S/C22H26N8O2/c23-8-3-15-1-2-19-20(25-15)21(26-16-4-9-31-10-5-16)29-22(28-19)27-17-13-24-30(14-17)18-6-11-32-12-7-18/h1-2,13-14,16,18H,3-7,9-12H2,(H2,26,27,28,29). The van der Waals surface area contributed by atoms with Gasteiger partial charge in [-0.3, -0.25) is 4.68 Å².